The molecule has 0 bridgehead atoms. The fourth-order valence-corrected chi connectivity index (χ4v) is 4.28. The van der Waals surface area contributed by atoms with E-state index in [1.807, 2.05) is 20.9 Å². The molecule has 0 radical (unpaired) electrons. The molecule has 0 spiro atoms. The lowest BCUT2D eigenvalue weighted by Crippen LogP contribution is -2.62. The van der Waals surface area contributed by atoms with Gasteiger partial charge in [-0.3, -0.25) is 20.9 Å². The highest BCUT2D eigenvalue weighted by molar-refractivity contribution is 5.96. The summed E-state index contributed by atoms with van der Waals surface area (Å²) in [4.78, 5) is 27.4. The second-order valence-electron chi connectivity index (χ2n) is 9.59. The number of rotatable bonds is 22. The van der Waals surface area contributed by atoms with Crippen LogP contribution in [-0.2, 0) is 9.59 Å². The lowest BCUT2D eigenvalue weighted by molar-refractivity contribution is -0.133. The Morgan fingerprint density at radius 3 is 1.97 bits per heavy atom. The van der Waals surface area contributed by atoms with Gasteiger partial charge in [-0.2, -0.15) is 0 Å². The summed E-state index contributed by atoms with van der Waals surface area (Å²) in [5, 5.41) is 13.3. The molecule has 2 unspecified atom stereocenters. The van der Waals surface area contributed by atoms with E-state index in [2.05, 4.69) is 47.5 Å². The molecule has 9 heteroatoms. The van der Waals surface area contributed by atoms with Crippen LogP contribution in [0.3, 0.4) is 0 Å². The second kappa shape index (κ2) is 18.2. The molecule has 202 valence electrons. The van der Waals surface area contributed by atoms with Gasteiger partial charge in [-0.05, 0) is 71.9 Å². The highest BCUT2D eigenvalue weighted by Crippen LogP contribution is 2.21. The second-order valence-corrected chi connectivity index (χ2v) is 9.59. The average molecular weight is 486 g/mol. The van der Waals surface area contributed by atoms with Crippen LogP contribution >= 0.6 is 0 Å². The summed E-state index contributed by atoms with van der Waals surface area (Å²) in [7, 11) is 1.89. The minimum atomic E-state index is -0.672. The molecule has 0 aromatic heterocycles. The fraction of sp³-hybridized carbons (Fsp3) is 0.920. The zero-order valence-electron chi connectivity index (χ0n) is 22.8. The summed E-state index contributed by atoms with van der Waals surface area (Å²) in [6, 6.07) is -0.939. The number of carbonyl (C=O) groups excluding carboxylic acids is 2. The lowest BCUT2D eigenvalue weighted by atomic mass is 9.82. The Morgan fingerprint density at radius 1 is 0.853 bits per heavy atom. The standard InChI is InChI=1S/C25H55N7O2/c1-7-24(5,8-2)32-21(14-11-12-16-26)23(34)31-20(15-13-17-30-27)22(33)25(9-3,10-4)29-19-18-28-6/h20-21,28-30,32H,7-19,26-27H2,1-6H3,(H,31,34). The van der Waals surface area contributed by atoms with E-state index in [4.69, 9.17) is 11.6 Å². The van der Waals surface area contributed by atoms with Gasteiger partial charge in [-0.1, -0.05) is 34.1 Å². The van der Waals surface area contributed by atoms with E-state index in [-0.39, 0.29) is 23.3 Å². The molecular weight excluding hydrogens is 430 g/mol. The molecule has 0 aromatic carbocycles. The Balaban J connectivity index is 5.77. The van der Waals surface area contributed by atoms with Gasteiger partial charge in [-0.15, -0.1) is 0 Å². The summed E-state index contributed by atoms with van der Waals surface area (Å²) in [5.41, 5.74) is 7.54. The summed E-state index contributed by atoms with van der Waals surface area (Å²) < 4.78 is 0. The molecule has 9 nitrogen and oxygen atoms in total. The number of hydrogen-bond donors (Lipinski definition) is 7. The minimum absolute atomic E-state index is 0.0495. The molecular formula is C25H55N7O2. The predicted molar refractivity (Wildman–Crippen MR) is 142 cm³/mol. The molecule has 0 rings (SSSR count). The molecule has 0 fully saturated rings. The molecule has 34 heavy (non-hydrogen) atoms. The maximum Gasteiger partial charge on any atom is 0.237 e. The third kappa shape index (κ3) is 11.1. The van der Waals surface area contributed by atoms with Crippen molar-refractivity contribution in [1.29, 1.82) is 0 Å². The quantitative estimate of drug-likeness (QED) is 0.0690. The van der Waals surface area contributed by atoms with Crippen molar-refractivity contribution in [2.24, 2.45) is 11.6 Å². The summed E-state index contributed by atoms with van der Waals surface area (Å²) in [6.45, 7) is 13.1. The van der Waals surface area contributed by atoms with Crippen LogP contribution in [0.25, 0.3) is 0 Å². The number of hydrazine groups is 1. The summed E-state index contributed by atoms with van der Waals surface area (Å²) >= 11 is 0. The number of hydrogen-bond acceptors (Lipinski definition) is 8. The van der Waals surface area contributed by atoms with Crippen molar-refractivity contribution >= 4 is 11.7 Å². The minimum Gasteiger partial charge on any atom is -0.345 e. The van der Waals surface area contributed by atoms with Gasteiger partial charge in [0.2, 0.25) is 5.91 Å². The monoisotopic (exact) mass is 485 g/mol. The highest BCUT2D eigenvalue weighted by atomic mass is 16.2. The number of unbranched alkanes of at least 4 members (excludes halogenated alkanes) is 1. The van der Waals surface area contributed by atoms with Gasteiger partial charge in [-0.25, -0.2) is 0 Å². The predicted octanol–water partition coefficient (Wildman–Crippen LogP) is 1.32. The number of ketones is 1. The summed E-state index contributed by atoms with van der Waals surface area (Å²) in [5.74, 6) is 5.40. The molecule has 9 N–H and O–H groups in total. The first-order chi connectivity index (χ1) is 16.2. The number of nitrogens with two attached hydrogens (primary N) is 2. The average Bonchev–Trinajstić information content (AvgIpc) is 2.85. The molecule has 0 aliphatic rings. The van der Waals surface area contributed by atoms with Gasteiger partial charge in [0, 0.05) is 25.2 Å². The van der Waals surface area contributed by atoms with Gasteiger partial charge in [0.05, 0.1) is 17.6 Å². The van der Waals surface area contributed by atoms with Crippen molar-refractivity contribution < 1.29 is 9.59 Å². The van der Waals surface area contributed by atoms with Crippen molar-refractivity contribution in [2.45, 2.75) is 116 Å². The first kappa shape index (κ1) is 32.9. The van der Waals surface area contributed by atoms with Crippen LogP contribution in [0.15, 0.2) is 0 Å². The Labute approximate surface area is 208 Å². The Bertz CT molecular complexity index is 551. The SMILES string of the molecule is CCC(C)(CC)NC(CCCCN)C(=O)NC(CCCNN)C(=O)C(CC)(CC)NCCNC. The zero-order chi connectivity index (χ0) is 26.0. The van der Waals surface area contributed by atoms with E-state index in [0.29, 0.717) is 51.7 Å². The van der Waals surface area contributed by atoms with E-state index >= 15 is 0 Å². The topological polar surface area (TPSA) is 146 Å². The number of nitrogens with one attached hydrogen (secondary N) is 5. The molecule has 1 amide bonds. The van der Waals surface area contributed by atoms with E-state index < -0.39 is 11.6 Å². The Hall–Kier alpha value is -1.10. The third-order valence-corrected chi connectivity index (χ3v) is 7.31. The maximum absolute atomic E-state index is 13.8. The van der Waals surface area contributed by atoms with E-state index in [1.165, 1.54) is 0 Å². The van der Waals surface area contributed by atoms with E-state index in [1.54, 1.807) is 0 Å². The van der Waals surface area contributed by atoms with Crippen molar-refractivity contribution in [3.8, 4) is 0 Å². The van der Waals surface area contributed by atoms with Crippen molar-refractivity contribution in [3.05, 3.63) is 0 Å². The Kier molecular flexibility index (Phi) is 17.6. The first-order valence-corrected chi connectivity index (χ1v) is 13.4. The summed E-state index contributed by atoms with van der Waals surface area (Å²) in [6.07, 6.45) is 6.81. The van der Waals surface area contributed by atoms with Crippen molar-refractivity contribution in [1.82, 2.24) is 26.7 Å². The van der Waals surface area contributed by atoms with Crippen molar-refractivity contribution in [2.75, 3.05) is 33.2 Å². The maximum atomic E-state index is 13.8. The van der Waals surface area contributed by atoms with Crippen LogP contribution < -0.4 is 38.3 Å². The number of Topliss-reactive ketones (excluding diaryl/α,β-unsaturated/α-hetero) is 1. The molecule has 0 heterocycles. The van der Waals surface area contributed by atoms with Crippen LogP contribution in [0.2, 0.25) is 0 Å². The zero-order valence-corrected chi connectivity index (χ0v) is 22.8. The smallest absolute Gasteiger partial charge is 0.237 e. The van der Waals surface area contributed by atoms with Crippen LogP contribution in [0, 0.1) is 0 Å². The van der Waals surface area contributed by atoms with Crippen LogP contribution in [-0.4, -0.2) is 68.1 Å². The van der Waals surface area contributed by atoms with Gasteiger partial charge < -0.3 is 27.0 Å². The van der Waals surface area contributed by atoms with Gasteiger partial charge in [0.15, 0.2) is 5.78 Å². The molecule has 0 aliphatic carbocycles. The van der Waals surface area contributed by atoms with Crippen molar-refractivity contribution in [3.63, 3.8) is 0 Å². The van der Waals surface area contributed by atoms with Gasteiger partial charge in [0.25, 0.3) is 0 Å². The van der Waals surface area contributed by atoms with Crippen LogP contribution in [0.1, 0.15) is 92.4 Å². The molecule has 0 saturated heterocycles. The van der Waals surface area contributed by atoms with Gasteiger partial charge in [0.1, 0.15) is 0 Å². The number of carbonyl (C=O) groups is 2. The molecule has 0 aromatic rings. The number of likely N-dealkylation sites (N-methyl/N-ethyl adjacent to an activating group) is 1. The normalized spacial score (nSPS) is 14.1. The lowest BCUT2D eigenvalue weighted by Gasteiger charge is -2.37. The Morgan fingerprint density at radius 2 is 1.47 bits per heavy atom. The van der Waals surface area contributed by atoms with Gasteiger partial charge >= 0.3 is 0 Å². The molecule has 0 saturated carbocycles. The fourth-order valence-electron chi connectivity index (χ4n) is 4.28. The third-order valence-electron chi connectivity index (χ3n) is 7.31. The molecule has 0 aliphatic heterocycles. The largest absolute Gasteiger partial charge is 0.345 e. The van der Waals surface area contributed by atoms with E-state index in [0.717, 1.165) is 32.2 Å². The van der Waals surface area contributed by atoms with Crippen LogP contribution in [0.5, 0.6) is 0 Å². The first-order valence-electron chi connectivity index (χ1n) is 13.4. The number of amides is 1. The highest BCUT2D eigenvalue weighted by Gasteiger charge is 2.40. The molecule has 2 atom stereocenters. The van der Waals surface area contributed by atoms with Crippen LogP contribution in [0.4, 0.5) is 0 Å². The van der Waals surface area contributed by atoms with E-state index in [9.17, 15) is 9.59 Å².